The van der Waals surface area contributed by atoms with Crippen LogP contribution >= 0.6 is 27.3 Å². The number of nitro benzene ring substituents is 1. The second kappa shape index (κ2) is 8.45. The molecule has 0 saturated heterocycles. The number of aromatic nitrogens is 1. The first kappa shape index (κ1) is 19.8. The maximum absolute atomic E-state index is 11.2. The molecule has 0 atom stereocenters. The van der Waals surface area contributed by atoms with Gasteiger partial charge in [-0.1, -0.05) is 40.2 Å². The summed E-state index contributed by atoms with van der Waals surface area (Å²) in [6.45, 7) is 0. The first-order valence-corrected chi connectivity index (χ1v) is 10.4. The molecule has 30 heavy (non-hydrogen) atoms. The zero-order valence-corrected chi connectivity index (χ0v) is 17.7. The van der Waals surface area contributed by atoms with Crippen LogP contribution in [-0.2, 0) is 0 Å². The average Bonchev–Trinajstić information content (AvgIpc) is 3.42. The van der Waals surface area contributed by atoms with Gasteiger partial charge in [0.25, 0.3) is 5.69 Å². The second-order valence-electron chi connectivity index (χ2n) is 6.19. The van der Waals surface area contributed by atoms with Crippen molar-refractivity contribution in [1.29, 1.82) is 5.26 Å². The van der Waals surface area contributed by atoms with E-state index in [0.717, 1.165) is 15.7 Å². The highest BCUT2D eigenvalue weighted by Gasteiger charge is 2.17. The van der Waals surface area contributed by atoms with Gasteiger partial charge in [0.1, 0.15) is 22.6 Å². The van der Waals surface area contributed by atoms with Crippen molar-refractivity contribution in [1.82, 2.24) is 4.98 Å². The van der Waals surface area contributed by atoms with Gasteiger partial charge in [0.2, 0.25) is 0 Å². The molecule has 6 nitrogen and oxygen atoms in total. The van der Waals surface area contributed by atoms with Gasteiger partial charge < -0.3 is 4.42 Å². The molecule has 4 aromatic rings. The minimum absolute atomic E-state index is 0.0399. The molecule has 0 aliphatic rings. The van der Waals surface area contributed by atoms with Crippen molar-refractivity contribution in [3.8, 4) is 28.7 Å². The highest BCUT2D eigenvalue weighted by atomic mass is 79.9. The lowest BCUT2D eigenvalue weighted by Crippen LogP contribution is -1.90. The van der Waals surface area contributed by atoms with Gasteiger partial charge in [-0.05, 0) is 30.3 Å². The predicted octanol–water partition coefficient (Wildman–Crippen LogP) is 6.80. The van der Waals surface area contributed by atoms with Gasteiger partial charge in [0.15, 0.2) is 0 Å². The number of para-hydroxylation sites is 1. The van der Waals surface area contributed by atoms with E-state index in [2.05, 4.69) is 27.0 Å². The molecule has 0 N–H and O–H groups in total. The van der Waals surface area contributed by atoms with Crippen LogP contribution in [0.2, 0.25) is 0 Å². The molecule has 0 radical (unpaired) electrons. The maximum atomic E-state index is 11.2. The van der Waals surface area contributed by atoms with Crippen molar-refractivity contribution in [2.75, 3.05) is 0 Å². The van der Waals surface area contributed by atoms with E-state index in [9.17, 15) is 15.4 Å². The standard InChI is InChI=1S/C22H12BrN3O3S/c23-16-7-5-14(6-8-16)19-13-30-22(25-19)15(12-24)11-17-9-10-21(29-17)18-3-1-2-4-20(18)26(27)28/h1-11,13H. The van der Waals surface area contributed by atoms with E-state index in [1.165, 1.54) is 17.4 Å². The Labute approximate surface area is 184 Å². The van der Waals surface area contributed by atoms with Crippen LogP contribution in [0.5, 0.6) is 0 Å². The molecule has 0 bridgehead atoms. The lowest BCUT2D eigenvalue weighted by Gasteiger charge is -1.99. The monoisotopic (exact) mass is 477 g/mol. The van der Waals surface area contributed by atoms with E-state index in [1.54, 1.807) is 36.4 Å². The molecular formula is C22H12BrN3O3S. The van der Waals surface area contributed by atoms with Gasteiger partial charge in [-0.3, -0.25) is 10.1 Å². The fraction of sp³-hybridized carbons (Fsp3) is 0. The van der Waals surface area contributed by atoms with Gasteiger partial charge in [-0.15, -0.1) is 11.3 Å². The summed E-state index contributed by atoms with van der Waals surface area (Å²) in [7, 11) is 0. The summed E-state index contributed by atoms with van der Waals surface area (Å²) >= 11 is 4.77. The molecule has 0 saturated carbocycles. The molecule has 2 heterocycles. The maximum Gasteiger partial charge on any atom is 0.280 e. The number of allylic oxidation sites excluding steroid dienone is 1. The van der Waals surface area contributed by atoms with Crippen molar-refractivity contribution in [2.45, 2.75) is 0 Å². The van der Waals surface area contributed by atoms with Crippen LogP contribution in [0.4, 0.5) is 5.69 Å². The lowest BCUT2D eigenvalue weighted by molar-refractivity contribution is -0.384. The Kier molecular flexibility index (Phi) is 5.57. The first-order valence-electron chi connectivity index (χ1n) is 8.72. The molecule has 4 rings (SSSR count). The molecule has 0 amide bonds. The summed E-state index contributed by atoms with van der Waals surface area (Å²) in [4.78, 5) is 15.4. The Bertz CT molecular complexity index is 1300. The molecule has 2 aromatic carbocycles. The number of nitriles is 1. The Morgan fingerprint density at radius 1 is 1.17 bits per heavy atom. The number of hydrogen-bond acceptors (Lipinski definition) is 6. The minimum atomic E-state index is -0.451. The van der Waals surface area contributed by atoms with Crippen LogP contribution in [0.3, 0.4) is 0 Å². The Morgan fingerprint density at radius 2 is 1.93 bits per heavy atom. The smallest absolute Gasteiger partial charge is 0.280 e. The van der Waals surface area contributed by atoms with Gasteiger partial charge >= 0.3 is 0 Å². The third kappa shape index (κ3) is 4.08. The van der Waals surface area contributed by atoms with Crippen molar-refractivity contribution >= 4 is 44.6 Å². The number of hydrogen-bond donors (Lipinski definition) is 0. The second-order valence-corrected chi connectivity index (χ2v) is 7.96. The summed E-state index contributed by atoms with van der Waals surface area (Å²) in [5.41, 5.74) is 2.43. The van der Waals surface area contributed by atoms with E-state index in [4.69, 9.17) is 4.42 Å². The van der Waals surface area contributed by atoms with E-state index >= 15 is 0 Å². The fourth-order valence-electron chi connectivity index (χ4n) is 2.85. The summed E-state index contributed by atoms with van der Waals surface area (Å²) in [6, 6.07) is 19.6. The highest BCUT2D eigenvalue weighted by molar-refractivity contribution is 9.10. The van der Waals surface area contributed by atoms with E-state index < -0.39 is 4.92 Å². The minimum Gasteiger partial charge on any atom is -0.456 e. The Morgan fingerprint density at radius 3 is 2.67 bits per heavy atom. The predicted molar refractivity (Wildman–Crippen MR) is 120 cm³/mol. The van der Waals surface area contributed by atoms with Crippen molar-refractivity contribution in [3.63, 3.8) is 0 Å². The normalized spacial score (nSPS) is 11.3. The molecule has 2 aromatic heterocycles. The number of nitro groups is 1. The zero-order valence-electron chi connectivity index (χ0n) is 15.3. The Hall–Kier alpha value is -3.54. The summed E-state index contributed by atoms with van der Waals surface area (Å²) < 4.78 is 6.74. The van der Waals surface area contributed by atoms with Crippen molar-refractivity contribution < 1.29 is 9.34 Å². The van der Waals surface area contributed by atoms with E-state index in [-0.39, 0.29) is 5.69 Å². The molecule has 8 heteroatoms. The van der Waals surface area contributed by atoms with Gasteiger partial charge in [0, 0.05) is 27.6 Å². The number of benzene rings is 2. The van der Waals surface area contributed by atoms with Crippen LogP contribution in [0, 0.1) is 21.4 Å². The molecule has 0 unspecified atom stereocenters. The van der Waals surface area contributed by atoms with E-state index in [0.29, 0.717) is 27.7 Å². The highest BCUT2D eigenvalue weighted by Crippen LogP contribution is 2.33. The van der Waals surface area contributed by atoms with Crippen LogP contribution in [0.15, 0.2) is 74.9 Å². The van der Waals surface area contributed by atoms with Crippen LogP contribution < -0.4 is 0 Å². The van der Waals surface area contributed by atoms with Crippen LogP contribution in [-0.4, -0.2) is 9.91 Å². The zero-order chi connectivity index (χ0) is 21.1. The molecular weight excluding hydrogens is 466 g/mol. The number of thiazole rings is 1. The topological polar surface area (TPSA) is 93.0 Å². The molecule has 0 aliphatic heterocycles. The van der Waals surface area contributed by atoms with Crippen molar-refractivity contribution in [2.24, 2.45) is 0 Å². The van der Waals surface area contributed by atoms with Crippen LogP contribution in [0.25, 0.3) is 34.2 Å². The van der Waals surface area contributed by atoms with Gasteiger partial charge in [-0.2, -0.15) is 5.26 Å². The Balaban J connectivity index is 1.64. The number of nitrogens with zero attached hydrogens (tertiary/aromatic N) is 3. The van der Waals surface area contributed by atoms with E-state index in [1.807, 2.05) is 29.6 Å². The SMILES string of the molecule is N#CC(=Cc1ccc(-c2ccccc2[N+](=O)[O-])o1)c1nc(-c2ccc(Br)cc2)cs1. The van der Waals surface area contributed by atoms with Gasteiger partial charge in [0.05, 0.1) is 21.8 Å². The molecule has 0 fully saturated rings. The van der Waals surface area contributed by atoms with Crippen molar-refractivity contribution in [3.05, 3.63) is 91.4 Å². The van der Waals surface area contributed by atoms with Crippen LogP contribution in [0.1, 0.15) is 10.8 Å². The largest absolute Gasteiger partial charge is 0.456 e. The third-order valence-electron chi connectivity index (χ3n) is 4.27. The van der Waals surface area contributed by atoms with Gasteiger partial charge in [-0.25, -0.2) is 4.98 Å². The number of halogens is 1. The lowest BCUT2D eigenvalue weighted by atomic mass is 10.1. The quantitative estimate of drug-likeness (QED) is 0.179. The number of rotatable bonds is 5. The fourth-order valence-corrected chi connectivity index (χ4v) is 3.91. The molecule has 0 aliphatic carbocycles. The molecule has 0 spiro atoms. The third-order valence-corrected chi connectivity index (χ3v) is 5.68. The summed E-state index contributed by atoms with van der Waals surface area (Å²) in [6.07, 6.45) is 1.59. The summed E-state index contributed by atoms with van der Waals surface area (Å²) in [5.74, 6) is 0.778. The first-order chi connectivity index (χ1) is 14.5. The molecule has 146 valence electrons. The number of furan rings is 1. The summed E-state index contributed by atoms with van der Waals surface area (Å²) in [5, 5.41) is 23.3. The average molecular weight is 478 g/mol.